The second-order valence-electron chi connectivity index (χ2n) is 4.58. The molecule has 0 fully saturated rings. The molecule has 20 heavy (non-hydrogen) atoms. The molecule has 116 valence electrons. The summed E-state index contributed by atoms with van der Waals surface area (Å²) in [6, 6.07) is 0. The maximum absolute atomic E-state index is 3.36. The van der Waals surface area contributed by atoms with Crippen molar-refractivity contribution in [3.05, 3.63) is 48.7 Å². The smallest absolute Gasteiger partial charge is 0.0181 e. The van der Waals surface area contributed by atoms with E-state index in [-0.39, 0.29) is 0 Å². The molecule has 0 radical (unpaired) electrons. The third kappa shape index (κ3) is 13.2. The van der Waals surface area contributed by atoms with Crippen LogP contribution < -0.4 is 5.32 Å². The summed E-state index contributed by atoms with van der Waals surface area (Å²) in [7, 11) is 2.14. The number of nitrogens with one attached hydrogen (secondary N) is 1. The Kier molecular flexibility index (Phi) is 16.6. The van der Waals surface area contributed by atoms with Crippen LogP contribution >= 0.6 is 0 Å². The first-order valence-corrected chi connectivity index (χ1v) is 7.59. The van der Waals surface area contributed by atoms with Gasteiger partial charge in [0.05, 0.1) is 0 Å². The lowest BCUT2D eigenvalue weighted by atomic mass is 10.2. The first-order valence-electron chi connectivity index (χ1n) is 7.59. The molecule has 1 N–H and O–H groups in total. The molecule has 0 aliphatic carbocycles. The highest BCUT2D eigenvalue weighted by atomic mass is 15.1. The second-order valence-corrected chi connectivity index (χ2v) is 4.58. The molecule has 0 atom stereocenters. The van der Waals surface area contributed by atoms with Crippen LogP contribution in [0.3, 0.4) is 0 Å². The van der Waals surface area contributed by atoms with Gasteiger partial charge in [-0.15, -0.1) is 0 Å². The Bertz CT molecular complexity index is 283. The summed E-state index contributed by atoms with van der Waals surface area (Å²) >= 11 is 0. The largest absolute Gasteiger partial charge is 0.388 e. The molecule has 0 spiro atoms. The Labute approximate surface area is 127 Å². The summed E-state index contributed by atoms with van der Waals surface area (Å²) in [5, 5.41) is 3.25. The quantitative estimate of drug-likeness (QED) is 0.560. The van der Waals surface area contributed by atoms with Crippen LogP contribution in [0.4, 0.5) is 0 Å². The van der Waals surface area contributed by atoms with Gasteiger partial charge in [-0.2, -0.15) is 0 Å². The van der Waals surface area contributed by atoms with Gasteiger partial charge in [0.2, 0.25) is 0 Å². The normalized spacial score (nSPS) is 16.4. The highest BCUT2D eigenvalue weighted by molar-refractivity contribution is 5.12. The first kappa shape index (κ1) is 21.0. The highest BCUT2D eigenvalue weighted by Gasteiger charge is 2.02. The highest BCUT2D eigenvalue weighted by Crippen LogP contribution is 2.09. The van der Waals surface area contributed by atoms with Gasteiger partial charge in [-0.3, -0.25) is 0 Å². The van der Waals surface area contributed by atoms with Crippen LogP contribution in [0.2, 0.25) is 0 Å². The zero-order valence-corrected chi connectivity index (χ0v) is 14.2. The molecule has 0 aromatic rings. The van der Waals surface area contributed by atoms with Crippen molar-refractivity contribution in [1.82, 2.24) is 10.2 Å². The van der Waals surface area contributed by atoms with E-state index in [0.717, 1.165) is 13.1 Å². The maximum atomic E-state index is 3.36. The molecule has 0 unspecified atom stereocenters. The fourth-order valence-corrected chi connectivity index (χ4v) is 1.53. The van der Waals surface area contributed by atoms with E-state index >= 15 is 0 Å². The van der Waals surface area contributed by atoms with Crippen LogP contribution in [0.5, 0.6) is 0 Å². The fourth-order valence-electron chi connectivity index (χ4n) is 1.53. The van der Waals surface area contributed by atoms with Crippen molar-refractivity contribution in [2.45, 2.75) is 40.5 Å². The summed E-state index contributed by atoms with van der Waals surface area (Å²) in [4.78, 5) is 2.31. The van der Waals surface area contributed by atoms with Gasteiger partial charge in [0, 0.05) is 25.3 Å². The van der Waals surface area contributed by atoms with E-state index in [4.69, 9.17) is 0 Å². The van der Waals surface area contributed by atoms with Crippen LogP contribution in [0.15, 0.2) is 48.7 Å². The van der Waals surface area contributed by atoms with Crippen molar-refractivity contribution in [3.63, 3.8) is 0 Å². The third-order valence-electron chi connectivity index (χ3n) is 2.96. The van der Waals surface area contributed by atoms with Crippen molar-refractivity contribution in [1.29, 1.82) is 0 Å². The number of hydrogen-bond donors (Lipinski definition) is 1. The van der Waals surface area contributed by atoms with Crippen molar-refractivity contribution in [2.75, 3.05) is 26.7 Å². The molecule has 2 aliphatic heterocycles. The summed E-state index contributed by atoms with van der Waals surface area (Å²) < 4.78 is 0. The molecule has 0 bridgehead atoms. The van der Waals surface area contributed by atoms with Gasteiger partial charge in [0.25, 0.3) is 0 Å². The van der Waals surface area contributed by atoms with Gasteiger partial charge in [-0.05, 0) is 33.7 Å². The third-order valence-corrected chi connectivity index (χ3v) is 2.96. The standard InChI is InChI=1S/2C6H11N.C4H6.C2H6/c1-5-3-4-7-6(5)2;1-7-5-3-2-4-6-7;1-3-4-2;1-2/h7H,3-4H2,1-2H3;2-3H,4-6H2,1H3;3-4H,1-2H2;1-2H3. The lowest BCUT2D eigenvalue weighted by Crippen LogP contribution is -2.21. The number of allylic oxidation sites excluding steroid dienone is 3. The van der Waals surface area contributed by atoms with Crippen LogP contribution in [0.25, 0.3) is 0 Å². The van der Waals surface area contributed by atoms with Gasteiger partial charge in [0.1, 0.15) is 0 Å². The predicted octanol–water partition coefficient (Wildman–Crippen LogP) is 4.54. The van der Waals surface area contributed by atoms with Crippen molar-refractivity contribution in [3.8, 4) is 0 Å². The van der Waals surface area contributed by atoms with Gasteiger partial charge < -0.3 is 10.2 Å². The van der Waals surface area contributed by atoms with Gasteiger partial charge in [-0.1, -0.05) is 56.9 Å². The Morgan fingerprint density at radius 2 is 1.75 bits per heavy atom. The zero-order valence-electron chi connectivity index (χ0n) is 14.2. The molecule has 0 aromatic heterocycles. The average Bonchev–Trinajstić information content (AvgIpc) is 2.87. The average molecular weight is 278 g/mol. The molecule has 0 amide bonds. The number of rotatable bonds is 1. The summed E-state index contributed by atoms with van der Waals surface area (Å²) in [6.45, 7) is 18.5. The number of nitrogens with zero attached hydrogens (tertiary/aromatic N) is 1. The summed E-state index contributed by atoms with van der Waals surface area (Å²) in [5.41, 5.74) is 2.89. The Morgan fingerprint density at radius 3 is 1.90 bits per heavy atom. The summed E-state index contributed by atoms with van der Waals surface area (Å²) in [6.07, 6.45) is 10.2. The molecule has 2 rings (SSSR count). The van der Waals surface area contributed by atoms with Gasteiger partial charge in [0.15, 0.2) is 0 Å². The molecule has 0 saturated heterocycles. The fraction of sp³-hybridized carbons (Fsp3) is 0.556. The maximum Gasteiger partial charge on any atom is 0.0181 e. The topological polar surface area (TPSA) is 15.3 Å². The van der Waals surface area contributed by atoms with E-state index in [9.17, 15) is 0 Å². The Hall–Kier alpha value is -1.28. The SMILES string of the molecule is C=CC=C.CC.CC1=C(C)NCC1.CN1CC=CCC1. The molecule has 0 saturated carbocycles. The molecular formula is C18H34N2. The monoisotopic (exact) mass is 278 g/mol. The summed E-state index contributed by atoms with van der Waals surface area (Å²) in [5.74, 6) is 0. The van der Waals surface area contributed by atoms with E-state index in [2.05, 4.69) is 56.4 Å². The molecular weight excluding hydrogens is 244 g/mol. The lowest BCUT2D eigenvalue weighted by Gasteiger charge is -2.15. The van der Waals surface area contributed by atoms with Crippen molar-refractivity contribution in [2.24, 2.45) is 0 Å². The second kappa shape index (κ2) is 15.8. The lowest BCUT2D eigenvalue weighted by molar-refractivity contribution is 0.366. The molecule has 2 nitrogen and oxygen atoms in total. The Balaban J connectivity index is 0. The minimum atomic E-state index is 1.14. The van der Waals surface area contributed by atoms with Crippen LogP contribution in [-0.2, 0) is 0 Å². The molecule has 2 heteroatoms. The zero-order chi connectivity index (χ0) is 15.8. The van der Waals surface area contributed by atoms with Gasteiger partial charge in [-0.25, -0.2) is 0 Å². The molecule has 2 aliphatic rings. The van der Waals surface area contributed by atoms with E-state index in [0.29, 0.717) is 0 Å². The van der Waals surface area contributed by atoms with E-state index in [1.54, 1.807) is 12.2 Å². The van der Waals surface area contributed by atoms with Crippen molar-refractivity contribution >= 4 is 0 Å². The van der Waals surface area contributed by atoms with Crippen LogP contribution in [0, 0.1) is 0 Å². The molecule has 0 aromatic carbocycles. The minimum absolute atomic E-state index is 1.14. The predicted molar refractivity (Wildman–Crippen MR) is 94.0 cm³/mol. The number of likely N-dealkylation sites (N-methyl/N-ethyl adjacent to an activating group) is 1. The number of hydrogen-bond acceptors (Lipinski definition) is 2. The van der Waals surface area contributed by atoms with Crippen LogP contribution in [-0.4, -0.2) is 31.6 Å². The van der Waals surface area contributed by atoms with Crippen LogP contribution in [0.1, 0.15) is 40.5 Å². The first-order chi connectivity index (χ1) is 9.61. The van der Waals surface area contributed by atoms with Gasteiger partial charge >= 0.3 is 0 Å². The minimum Gasteiger partial charge on any atom is -0.388 e. The van der Waals surface area contributed by atoms with E-state index in [1.807, 2.05) is 13.8 Å². The Morgan fingerprint density at radius 1 is 1.15 bits per heavy atom. The van der Waals surface area contributed by atoms with Crippen molar-refractivity contribution < 1.29 is 0 Å². The molecule has 2 heterocycles. The van der Waals surface area contributed by atoms with E-state index < -0.39 is 0 Å². The van der Waals surface area contributed by atoms with E-state index in [1.165, 1.54) is 30.7 Å².